The van der Waals surface area contributed by atoms with Crippen molar-refractivity contribution < 1.29 is 14.0 Å². The summed E-state index contributed by atoms with van der Waals surface area (Å²) in [5.41, 5.74) is 2.85. The van der Waals surface area contributed by atoms with Crippen molar-refractivity contribution in [3.63, 3.8) is 0 Å². The second-order valence-corrected chi connectivity index (χ2v) is 8.52. The molecule has 0 aliphatic heterocycles. The Morgan fingerprint density at radius 3 is 2.39 bits per heavy atom. The normalized spacial score (nSPS) is 15.3. The third-order valence-corrected chi connectivity index (χ3v) is 6.21. The van der Waals surface area contributed by atoms with Crippen molar-refractivity contribution in [1.82, 2.24) is 10.2 Å². The summed E-state index contributed by atoms with van der Waals surface area (Å²) in [6.45, 7) is 4.34. The van der Waals surface area contributed by atoms with Gasteiger partial charge in [0.1, 0.15) is 11.9 Å². The minimum Gasteiger partial charge on any atom is -0.352 e. The summed E-state index contributed by atoms with van der Waals surface area (Å²) in [7, 11) is 0. The van der Waals surface area contributed by atoms with E-state index in [2.05, 4.69) is 5.32 Å². The monoisotopic (exact) mass is 424 g/mol. The average Bonchev–Trinajstić information content (AvgIpc) is 2.77. The molecule has 31 heavy (non-hydrogen) atoms. The summed E-state index contributed by atoms with van der Waals surface area (Å²) in [5, 5.41) is 3.19. The van der Waals surface area contributed by atoms with Crippen LogP contribution in [0.25, 0.3) is 0 Å². The molecule has 0 heterocycles. The van der Waals surface area contributed by atoms with Crippen LogP contribution >= 0.6 is 0 Å². The molecule has 1 saturated carbocycles. The van der Waals surface area contributed by atoms with Gasteiger partial charge in [-0.15, -0.1) is 0 Å². The average molecular weight is 425 g/mol. The van der Waals surface area contributed by atoms with E-state index >= 15 is 0 Å². The highest BCUT2D eigenvalue weighted by atomic mass is 19.1. The predicted molar refractivity (Wildman–Crippen MR) is 121 cm³/mol. The number of carbonyl (C=O) groups excluding carboxylic acids is 2. The predicted octanol–water partition coefficient (Wildman–Crippen LogP) is 4.93. The molecule has 0 spiro atoms. The Hall–Kier alpha value is -2.69. The first-order chi connectivity index (χ1) is 15.0. The number of aryl methyl sites for hydroxylation is 1. The maximum Gasteiger partial charge on any atom is 0.243 e. The molecule has 0 radical (unpaired) electrons. The zero-order valence-electron chi connectivity index (χ0n) is 18.6. The molecule has 1 atom stereocenters. The second kappa shape index (κ2) is 11.1. The van der Waals surface area contributed by atoms with Crippen LogP contribution in [0, 0.1) is 12.7 Å². The molecule has 2 aromatic carbocycles. The molecule has 1 aliphatic rings. The number of nitrogens with zero attached hydrogens (tertiary/aromatic N) is 1. The van der Waals surface area contributed by atoms with Crippen LogP contribution in [-0.2, 0) is 22.6 Å². The molecule has 5 heteroatoms. The van der Waals surface area contributed by atoms with Crippen LogP contribution in [0.4, 0.5) is 4.39 Å². The Balaban J connectivity index is 1.81. The second-order valence-electron chi connectivity index (χ2n) is 8.52. The molecule has 1 fully saturated rings. The van der Waals surface area contributed by atoms with Crippen LogP contribution in [0.2, 0.25) is 0 Å². The number of amides is 2. The van der Waals surface area contributed by atoms with Crippen molar-refractivity contribution in [1.29, 1.82) is 0 Å². The lowest BCUT2D eigenvalue weighted by atomic mass is 9.95. The number of hydrogen-bond acceptors (Lipinski definition) is 2. The smallest absolute Gasteiger partial charge is 0.243 e. The lowest BCUT2D eigenvalue weighted by Gasteiger charge is -2.33. The molecule has 2 amide bonds. The molecule has 0 bridgehead atoms. The molecular weight excluding hydrogens is 391 g/mol. The molecular formula is C26H33FN2O2. The van der Waals surface area contributed by atoms with Crippen LogP contribution in [0.3, 0.4) is 0 Å². The fraction of sp³-hybridized carbons (Fsp3) is 0.462. The Labute approximate surface area is 184 Å². The van der Waals surface area contributed by atoms with Gasteiger partial charge in [-0.05, 0) is 55.0 Å². The van der Waals surface area contributed by atoms with Gasteiger partial charge in [-0.3, -0.25) is 9.59 Å². The first-order valence-corrected chi connectivity index (χ1v) is 11.4. The molecule has 0 aromatic heterocycles. The first kappa shape index (κ1) is 23.0. The maximum absolute atomic E-state index is 13.4. The highest BCUT2D eigenvalue weighted by Gasteiger charge is 2.30. The van der Waals surface area contributed by atoms with Crippen LogP contribution in [0.5, 0.6) is 0 Å². The number of nitrogens with one attached hydrogen (secondary N) is 1. The van der Waals surface area contributed by atoms with Crippen molar-refractivity contribution >= 4 is 11.8 Å². The fourth-order valence-corrected chi connectivity index (χ4v) is 4.31. The van der Waals surface area contributed by atoms with E-state index in [0.717, 1.165) is 42.4 Å². The van der Waals surface area contributed by atoms with Gasteiger partial charge < -0.3 is 10.2 Å². The molecule has 4 nitrogen and oxygen atoms in total. The van der Waals surface area contributed by atoms with Gasteiger partial charge in [-0.25, -0.2) is 4.39 Å². The zero-order valence-corrected chi connectivity index (χ0v) is 18.6. The summed E-state index contributed by atoms with van der Waals surface area (Å²) in [6, 6.07) is 13.6. The van der Waals surface area contributed by atoms with Crippen molar-refractivity contribution in [2.24, 2.45) is 0 Å². The van der Waals surface area contributed by atoms with Gasteiger partial charge in [0.25, 0.3) is 0 Å². The first-order valence-electron chi connectivity index (χ1n) is 11.4. The van der Waals surface area contributed by atoms with Gasteiger partial charge in [-0.2, -0.15) is 0 Å². The van der Waals surface area contributed by atoms with E-state index in [-0.39, 0.29) is 30.1 Å². The van der Waals surface area contributed by atoms with Crippen LogP contribution in [-0.4, -0.2) is 28.8 Å². The summed E-state index contributed by atoms with van der Waals surface area (Å²) in [6.07, 6.45) is 6.18. The highest BCUT2D eigenvalue weighted by molar-refractivity contribution is 5.88. The third kappa shape index (κ3) is 6.39. The van der Waals surface area contributed by atoms with Gasteiger partial charge in [-0.1, -0.05) is 62.6 Å². The quantitative estimate of drug-likeness (QED) is 0.653. The molecule has 166 valence electrons. The van der Waals surface area contributed by atoms with Crippen molar-refractivity contribution in [2.75, 3.05) is 0 Å². The van der Waals surface area contributed by atoms with Gasteiger partial charge >= 0.3 is 0 Å². The van der Waals surface area contributed by atoms with E-state index in [4.69, 9.17) is 0 Å². The standard InChI is InChI=1S/C26H33FN2O2/c1-3-24(26(31)28-23-11-5-4-6-12-23)29(18-21-10-8-7-9-19(21)2)25(30)17-20-13-15-22(27)16-14-20/h7-10,13-16,23-24H,3-6,11-12,17-18H2,1-2H3,(H,28,31)/t24-/m1/s1. The minimum atomic E-state index is -0.533. The Bertz CT molecular complexity index is 875. The Kier molecular flexibility index (Phi) is 8.21. The lowest BCUT2D eigenvalue weighted by molar-refractivity contribution is -0.141. The lowest BCUT2D eigenvalue weighted by Crippen LogP contribution is -2.52. The van der Waals surface area contributed by atoms with Crippen molar-refractivity contribution in [2.45, 2.75) is 77.4 Å². The molecule has 1 N–H and O–H groups in total. The number of carbonyl (C=O) groups is 2. The van der Waals surface area contributed by atoms with Crippen LogP contribution < -0.4 is 5.32 Å². The zero-order chi connectivity index (χ0) is 22.2. The van der Waals surface area contributed by atoms with Gasteiger partial charge in [0, 0.05) is 12.6 Å². The van der Waals surface area contributed by atoms with Gasteiger partial charge in [0.15, 0.2) is 0 Å². The van der Waals surface area contributed by atoms with Gasteiger partial charge in [0.05, 0.1) is 6.42 Å². The van der Waals surface area contributed by atoms with Crippen LogP contribution in [0.1, 0.15) is 62.1 Å². The highest BCUT2D eigenvalue weighted by Crippen LogP contribution is 2.20. The van der Waals surface area contributed by atoms with E-state index in [1.54, 1.807) is 17.0 Å². The minimum absolute atomic E-state index is 0.0737. The summed E-state index contributed by atoms with van der Waals surface area (Å²) in [5.74, 6) is -0.526. The SMILES string of the molecule is CC[C@H](C(=O)NC1CCCCC1)N(Cc1ccccc1C)C(=O)Cc1ccc(F)cc1. The van der Waals surface area contributed by atoms with Gasteiger partial charge in [0.2, 0.25) is 11.8 Å². The molecule has 1 aliphatic carbocycles. The van der Waals surface area contributed by atoms with E-state index in [0.29, 0.717) is 13.0 Å². The Morgan fingerprint density at radius 2 is 1.74 bits per heavy atom. The van der Waals surface area contributed by atoms with Crippen molar-refractivity contribution in [3.05, 3.63) is 71.0 Å². The molecule has 2 aromatic rings. The molecule has 0 saturated heterocycles. The fourth-order valence-electron chi connectivity index (χ4n) is 4.31. The number of benzene rings is 2. The van der Waals surface area contributed by atoms with E-state index in [9.17, 15) is 14.0 Å². The third-order valence-electron chi connectivity index (χ3n) is 6.21. The van der Waals surface area contributed by atoms with Crippen LogP contribution in [0.15, 0.2) is 48.5 Å². The molecule has 0 unspecified atom stereocenters. The summed E-state index contributed by atoms with van der Waals surface area (Å²) < 4.78 is 13.3. The summed E-state index contributed by atoms with van der Waals surface area (Å²) in [4.78, 5) is 28.3. The van der Waals surface area contributed by atoms with E-state index < -0.39 is 6.04 Å². The number of halogens is 1. The summed E-state index contributed by atoms with van der Waals surface area (Å²) >= 11 is 0. The van der Waals surface area contributed by atoms with E-state index in [1.165, 1.54) is 18.6 Å². The van der Waals surface area contributed by atoms with E-state index in [1.807, 2.05) is 38.1 Å². The van der Waals surface area contributed by atoms with Crippen molar-refractivity contribution in [3.8, 4) is 0 Å². The number of rotatable bonds is 8. The topological polar surface area (TPSA) is 49.4 Å². The number of hydrogen-bond donors (Lipinski definition) is 1. The largest absolute Gasteiger partial charge is 0.352 e. The Morgan fingerprint density at radius 1 is 1.06 bits per heavy atom. The molecule has 3 rings (SSSR count). The maximum atomic E-state index is 13.4.